The number of fused-ring (bicyclic) bond motifs is 1. The van der Waals surface area contributed by atoms with Crippen LogP contribution in [0.25, 0.3) is 11.5 Å². The van der Waals surface area contributed by atoms with E-state index in [1.165, 1.54) is 24.8 Å². The second kappa shape index (κ2) is 4.99. The van der Waals surface area contributed by atoms with Gasteiger partial charge in [0.25, 0.3) is 0 Å². The number of nitrogen functional groups attached to an aromatic ring is 1. The van der Waals surface area contributed by atoms with Gasteiger partial charge in [0.2, 0.25) is 0 Å². The van der Waals surface area contributed by atoms with Crippen LogP contribution in [0, 0.1) is 0 Å². The van der Waals surface area contributed by atoms with Crippen molar-refractivity contribution in [2.24, 2.45) is 5.84 Å². The standard InChI is InChI=1S/C12H15N5S/c13-17-11-8-4-2-1-3-5-9(8)15-12(16-11)10-6-18-7-14-10/h6-7H,1-5,13H2,(H,15,16,17). The Morgan fingerprint density at radius 2 is 2.06 bits per heavy atom. The molecule has 2 aromatic heterocycles. The fraction of sp³-hybridized carbons (Fsp3) is 0.417. The van der Waals surface area contributed by atoms with Crippen LogP contribution in [0.3, 0.4) is 0 Å². The van der Waals surface area contributed by atoms with Crippen molar-refractivity contribution in [2.75, 3.05) is 5.43 Å². The van der Waals surface area contributed by atoms with Gasteiger partial charge in [0.05, 0.1) is 5.51 Å². The van der Waals surface area contributed by atoms with E-state index in [1.54, 1.807) is 16.8 Å². The fourth-order valence-corrected chi connectivity index (χ4v) is 2.86. The fourth-order valence-electron chi connectivity index (χ4n) is 2.33. The molecule has 18 heavy (non-hydrogen) atoms. The predicted molar refractivity (Wildman–Crippen MR) is 72.2 cm³/mol. The molecule has 0 saturated heterocycles. The molecular weight excluding hydrogens is 246 g/mol. The molecule has 0 saturated carbocycles. The number of anilines is 1. The first-order chi connectivity index (χ1) is 8.88. The Morgan fingerprint density at radius 1 is 1.17 bits per heavy atom. The van der Waals surface area contributed by atoms with E-state index in [9.17, 15) is 0 Å². The second-order valence-corrected chi connectivity index (χ2v) is 5.12. The van der Waals surface area contributed by atoms with E-state index in [1.807, 2.05) is 5.38 Å². The molecule has 1 aliphatic carbocycles. The molecule has 0 amide bonds. The Labute approximate surface area is 109 Å². The maximum Gasteiger partial charge on any atom is 0.181 e. The van der Waals surface area contributed by atoms with Crippen LogP contribution in [-0.4, -0.2) is 15.0 Å². The molecule has 3 N–H and O–H groups in total. The van der Waals surface area contributed by atoms with Gasteiger partial charge in [0.1, 0.15) is 11.5 Å². The van der Waals surface area contributed by atoms with Crippen LogP contribution in [0.2, 0.25) is 0 Å². The molecule has 0 radical (unpaired) electrons. The van der Waals surface area contributed by atoms with Crippen molar-refractivity contribution < 1.29 is 0 Å². The van der Waals surface area contributed by atoms with E-state index < -0.39 is 0 Å². The lowest BCUT2D eigenvalue weighted by Gasteiger charge is -2.11. The molecule has 0 atom stereocenters. The summed E-state index contributed by atoms with van der Waals surface area (Å²) in [6.07, 6.45) is 5.62. The number of hydrazine groups is 1. The van der Waals surface area contributed by atoms with Crippen LogP contribution in [0.15, 0.2) is 10.9 Å². The summed E-state index contributed by atoms with van der Waals surface area (Å²) < 4.78 is 0. The molecule has 0 fully saturated rings. The van der Waals surface area contributed by atoms with E-state index in [0.29, 0.717) is 5.82 Å². The number of rotatable bonds is 2. The Kier molecular flexibility index (Phi) is 3.21. The minimum absolute atomic E-state index is 0.671. The van der Waals surface area contributed by atoms with Crippen molar-refractivity contribution in [3.63, 3.8) is 0 Å². The van der Waals surface area contributed by atoms with Gasteiger partial charge >= 0.3 is 0 Å². The average molecular weight is 261 g/mol. The monoisotopic (exact) mass is 261 g/mol. The third kappa shape index (κ3) is 2.09. The van der Waals surface area contributed by atoms with Crippen molar-refractivity contribution >= 4 is 17.2 Å². The molecule has 1 aliphatic rings. The first-order valence-electron chi connectivity index (χ1n) is 6.13. The minimum Gasteiger partial charge on any atom is -0.308 e. The Bertz CT molecular complexity index is 538. The van der Waals surface area contributed by atoms with Gasteiger partial charge in [0, 0.05) is 16.6 Å². The summed E-state index contributed by atoms with van der Waals surface area (Å²) in [6, 6.07) is 0. The summed E-state index contributed by atoms with van der Waals surface area (Å²) in [6.45, 7) is 0. The van der Waals surface area contributed by atoms with E-state index >= 15 is 0 Å². The highest BCUT2D eigenvalue weighted by Crippen LogP contribution is 2.27. The normalized spacial score (nSPS) is 14.9. The molecule has 0 aliphatic heterocycles. The molecule has 94 valence electrons. The summed E-state index contributed by atoms with van der Waals surface area (Å²) in [5.74, 6) is 7.01. The molecule has 0 spiro atoms. The van der Waals surface area contributed by atoms with E-state index in [4.69, 9.17) is 5.84 Å². The van der Waals surface area contributed by atoms with E-state index in [2.05, 4.69) is 20.4 Å². The maximum absolute atomic E-state index is 5.59. The number of nitrogens with zero attached hydrogens (tertiary/aromatic N) is 3. The van der Waals surface area contributed by atoms with Crippen LogP contribution in [-0.2, 0) is 12.8 Å². The molecule has 5 nitrogen and oxygen atoms in total. The molecule has 0 aromatic carbocycles. The third-order valence-electron chi connectivity index (χ3n) is 3.23. The van der Waals surface area contributed by atoms with Gasteiger partial charge in [-0.1, -0.05) is 6.42 Å². The summed E-state index contributed by atoms with van der Waals surface area (Å²) in [7, 11) is 0. The molecular formula is C12H15N5S. The summed E-state index contributed by atoms with van der Waals surface area (Å²) in [5.41, 5.74) is 7.62. The maximum atomic E-state index is 5.59. The third-order valence-corrected chi connectivity index (χ3v) is 3.82. The number of aryl methyl sites for hydroxylation is 1. The van der Waals surface area contributed by atoms with E-state index in [0.717, 1.165) is 30.0 Å². The zero-order chi connectivity index (χ0) is 12.4. The summed E-state index contributed by atoms with van der Waals surface area (Å²) in [5, 5.41) is 1.96. The Balaban J connectivity index is 2.10. The number of aromatic nitrogens is 3. The molecule has 2 heterocycles. The minimum atomic E-state index is 0.671. The van der Waals surface area contributed by atoms with Crippen LogP contribution < -0.4 is 11.3 Å². The zero-order valence-electron chi connectivity index (χ0n) is 10.0. The molecule has 0 unspecified atom stereocenters. The van der Waals surface area contributed by atoms with Crippen molar-refractivity contribution in [3.05, 3.63) is 22.1 Å². The first-order valence-corrected chi connectivity index (χ1v) is 7.07. The number of hydrogen-bond donors (Lipinski definition) is 2. The topological polar surface area (TPSA) is 76.7 Å². The Hall–Kier alpha value is -1.53. The highest BCUT2D eigenvalue weighted by Gasteiger charge is 2.17. The van der Waals surface area contributed by atoms with Crippen molar-refractivity contribution in [3.8, 4) is 11.5 Å². The Morgan fingerprint density at radius 3 is 2.83 bits per heavy atom. The average Bonchev–Trinajstić information content (AvgIpc) is 2.83. The largest absolute Gasteiger partial charge is 0.308 e. The highest BCUT2D eigenvalue weighted by atomic mass is 32.1. The summed E-state index contributed by atoms with van der Waals surface area (Å²) in [4.78, 5) is 13.4. The van der Waals surface area contributed by atoms with Gasteiger partial charge in [-0.3, -0.25) is 0 Å². The molecule has 6 heteroatoms. The number of nitrogens with one attached hydrogen (secondary N) is 1. The van der Waals surface area contributed by atoms with Crippen LogP contribution in [0.4, 0.5) is 5.82 Å². The van der Waals surface area contributed by atoms with E-state index in [-0.39, 0.29) is 0 Å². The molecule has 3 rings (SSSR count). The number of hydrogen-bond acceptors (Lipinski definition) is 6. The quantitative estimate of drug-likeness (QED) is 0.492. The molecule has 2 aromatic rings. The number of thiazole rings is 1. The highest BCUT2D eigenvalue weighted by molar-refractivity contribution is 7.07. The first kappa shape index (κ1) is 11.6. The van der Waals surface area contributed by atoms with Crippen molar-refractivity contribution in [1.29, 1.82) is 0 Å². The zero-order valence-corrected chi connectivity index (χ0v) is 10.8. The smallest absolute Gasteiger partial charge is 0.181 e. The predicted octanol–water partition coefficient (Wildman–Crippen LogP) is 2.15. The van der Waals surface area contributed by atoms with Gasteiger partial charge in [0.15, 0.2) is 5.82 Å². The SMILES string of the molecule is NNc1nc(-c2cscn2)nc2c1CCCCC2. The summed E-state index contributed by atoms with van der Waals surface area (Å²) >= 11 is 1.55. The van der Waals surface area contributed by atoms with Crippen LogP contribution in [0.1, 0.15) is 30.5 Å². The lowest BCUT2D eigenvalue weighted by Crippen LogP contribution is -2.14. The lowest BCUT2D eigenvalue weighted by molar-refractivity contribution is 0.709. The van der Waals surface area contributed by atoms with Crippen LogP contribution >= 0.6 is 11.3 Å². The second-order valence-electron chi connectivity index (χ2n) is 4.40. The lowest BCUT2D eigenvalue weighted by atomic mass is 10.1. The van der Waals surface area contributed by atoms with Gasteiger partial charge in [-0.15, -0.1) is 11.3 Å². The number of nitrogens with two attached hydrogens (primary N) is 1. The van der Waals surface area contributed by atoms with Crippen molar-refractivity contribution in [1.82, 2.24) is 15.0 Å². The van der Waals surface area contributed by atoms with Crippen LogP contribution in [0.5, 0.6) is 0 Å². The van der Waals surface area contributed by atoms with Gasteiger partial charge in [-0.05, 0) is 25.7 Å². The van der Waals surface area contributed by atoms with Crippen molar-refractivity contribution in [2.45, 2.75) is 32.1 Å². The van der Waals surface area contributed by atoms with Gasteiger partial charge in [-0.25, -0.2) is 20.8 Å². The molecule has 0 bridgehead atoms. The van der Waals surface area contributed by atoms with Gasteiger partial charge < -0.3 is 5.43 Å². The van der Waals surface area contributed by atoms with Gasteiger partial charge in [-0.2, -0.15) is 0 Å².